The quantitative estimate of drug-likeness (QED) is 0.751. The Morgan fingerprint density at radius 2 is 1.95 bits per heavy atom. The topological polar surface area (TPSA) is 81.4 Å². The maximum absolute atomic E-state index is 11.9. The molecule has 0 heterocycles. The molecule has 5 heteroatoms. The van der Waals surface area contributed by atoms with Crippen molar-refractivity contribution in [3.63, 3.8) is 0 Å². The summed E-state index contributed by atoms with van der Waals surface area (Å²) >= 11 is 0. The highest BCUT2D eigenvalue weighted by Gasteiger charge is 2.22. The van der Waals surface area contributed by atoms with Gasteiger partial charge in [-0.1, -0.05) is 37.3 Å². The van der Waals surface area contributed by atoms with Crippen LogP contribution in [0, 0.1) is 5.92 Å². The molecule has 2 atom stereocenters. The molecule has 5 nitrogen and oxygen atoms in total. The van der Waals surface area contributed by atoms with E-state index in [1.54, 1.807) is 13.8 Å². The van der Waals surface area contributed by atoms with Gasteiger partial charge in [0.05, 0.1) is 12.5 Å². The van der Waals surface area contributed by atoms with Gasteiger partial charge in [0.1, 0.15) is 6.54 Å². The van der Waals surface area contributed by atoms with Gasteiger partial charge in [-0.3, -0.25) is 9.59 Å². The normalized spacial score (nSPS) is 13.4. The van der Waals surface area contributed by atoms with Gasteiger partial charge in [0.2, 0.25) is 5.91 Å². The summed E-state index contributed by atoms with van der Waals surface area (Å²) in [5, 5.41) is 2.52. The Labute approximate surface area is 113 Å². The summed E-state index contributed by atoms with van der Waals surface area (Å²) < 4.78 is 4.73. The van der Waals surface area contributed by atoms with Gasteiger partial charge < -0.3 is 15.8 Å². The standard InChI is InChI=1S/C14H20N2O3/c1-3-19-12(17)9-16-14(18)10(2)13(15)11-7-5-4-6-8-11/h4-8,10,13H,3,9,15H2,1-2H3,(H,16,18). The minimum atomic E-state index is -0.448. The molecular formula is C14H20N2O3. The molecule has 0 aliphatic carbocycles. The fourth-order valence-corrected chi connectivity index (χ4v) is 1.66. The molecule has 1 rings (SSSR count). The van der Waals surface area contributed by atoms with E-state index in [0.717, 1.165) is 5.56 Å². The van der Waals surface area contributed by atoms with E-state index in [2.05, 4.69) is 5.32 Å². The lowest BCUT2D eigenvalue weighted by Gasteiger charge is -2.19. The number of nitrogens with two attached hydrogens (primary N) is 1. The zero-order chi connectivity index (χ0) is 14.3. The first kappa shape index (κ1) is 15.2. The van der Waals surface area contributed by atoms with Crippen molar-refractivity contribution in [2.45, 2.75) is 19.9 Å². The molecule has 2 unspecified atom stereocenters. The van der Waals surface area contributed by atoms with E-state index >= 15 is 0 Å². The molecule has 0 aliphatic heterocycles. The molecule has 0 fully saturated rings. The highest BCUT2D eigenvalue weighted by atomic mass is 16.5. The SMILES string of the molecule is CCOC(=O)CNC(=O)C(C)C(N)c1ccccc1. The second-order valence-electron chi connectivity index (χ2n) is 4.25. The van der Waals surface area contributed by atoms with Crippen molar-refractivity contribution < 1.29 is 14.3 Å². The number of rotatable bonds is 6. The fraction of sp³-hybridized carbons (Fsp3) is 0.429. The molecule has 104 valence electrons. The van der Waals surface area contributed by atoms with Crippen LogP contribution >= 0.6 is 0 Å². The van der Waals surface area contributed by atoms with Crippen LogP contribution in [0.4, 0.5) is 0 Å². The predicted octanol–water partition coefficient (Wildman–Crippen LogP) is 1.00. The Morgan fingerprint density at radius 3 is 2.53 bits per heavy atom. The lowest BCUT2D eigenvalue weighted by Crippen LogP contribution is -2.38. The number of esters is 1. The summed E-state index contributed by atoms with van der Waals surface area (Å²) in [6, 6.07) is 8.99. The van der Waals surface area contributed by atoms with Crippen LogP contribution in [-0.2, 0) is 14.3 Å². The van der Waals surface area contributed by atoms with Gasteiger partial charge in [0, 0.05) is 6.04 Å². The van der Waals surface area contributed by atoms with Crippen LogP contribution < -0.4 is 11.1 Å². The van der Waals surface area contributed by atoms with E-state index in [1.807, 2.05) is 30.3 Å². The summed E-state index contributed by atoms with van der Waals surface area (Å²) in [6.45, 7) is 3.62. The van der Waals surface area contributed by atoms with Crippen molar-refractivity contribution in [3.8, 4) is 0 Å². The van der Waals surface area contributed by atoms with Crippen LogP contribution in [0.5, 0.6) is 0 Å². The number of amides is 1. The van der Waals surface area contributed by atoms with E-state index < -0.39 is 17.9 Å². The average Bonchev–Trinajstić information content (AvgIpc) is 2.44. The minimum Gasteiger partial charge on any atom is -0.465 e. The maximum Gasteiger partial charge on any atom is 0.325 e. The van der Waals surface area contributed by atoms with Crippen LogP contribution in [0.15, 0.2) is 30.3 Å². The van der Waals surface area contributed by atoms with E-state index in [0.29, 0.717) is 6.61 Å². The lowest BCUT2D eigenvalue weighted by atomic mass is 9.95. The second-order valence-corrected chi connectivity index (χ2v) is 4.25. The number of carbonyl (C=O) groups excluding carboxylic acids is 2. The minimum absolute atomic E-state index is 0.126. The van der Waals surface area contributed by atoms with Gasteiger partial charge in [-0.15, -0.1) is 0 Å². The number of benzene rings is 1. The van der Waals surface area contributed by atoms with Crippen molar-refractivity contribution in [1.29, 1.82) is 0 Å². The first-order valence-corrected chi connectivity index (χ1v) is 6.30. The summed E-state index contributed by atoms with van der Waals surface area (Å²) in [4.78, 5) is 23.0. The van der Waals surface area contributed by atoms with Gasteiger partial charge >= 0.3 is 5.97 Å². The van der Waals surface area contributed by atoms with Crippen molar-refractivity contribution >= 4 is 11.9 Å². The van der Waals surface area contributed by atoms with E-state index in [9.17, 15) is 9.59 Å². The Balaban J connectivity index is 2.50. The molecule has 0 saturated carbocycles. The first-order chi connectivity index (χ1) is 9.06. The van der Waals surface area contributed by atoms with Gasteiger partial charge in [-0.2, -0.15) is 0 Å². The van der Waals surface area contributed by atoms with Gasteiger partial charge in [0.25, 0.3) is 0 Å². The summed E-state index contributed by atoms with van der Waals surface area (Å²) in [5.41, 5.74) is 6.92. The third-order valence-corrected chi connectivity index (χ3v) is 2.85. The van der Waals surface area contributed by atoms with Crippen LogP contribution in [0.3, 0.4) is 0 Å². The predicted molar refractivity (Wildman–Crippen MR) is 72.2 cm³/mol. The molecule has 1 amide bonds. The molecule has 1 aromatic carbocycles. The molecule has 0 saturated heterocycles. The lowest BCUT2D eigenvalue weighted by molar-refractivity contribution is -0.143. The molecule has 0 aromatic heterocycles. The Morgan fingerprint density at radius 1 is 1.32 bits per heavy atom. The van der Waals surface area contributed by atoms with Crippen LogP contribution in [0.1, 0.15) is 25.5 Å². The van der Waals surface area contributed by atoms with Crippen molar-refractivity contribution in [1.82, 2.24) is 5.32 Å². The zero-order valence-corrected chi connectivity index (χ0v) is 11.3. The van der Waals surface area contributed by atoms with Crippen molar-refractivity contribution in [2.24, 2.45) is 11.7 Å². The molecule has 1 aromatic rings. The van der Waals surface area contributed by atoms with E-state index in [1.165, 1.54) is 0 Å². The number of ether oxygens (including phenoxy) is 1. The number of hydrogen-bond donors (Lipinski definition) is 2. The Kier molecular flexibility index (Phi) is 6.02. The number of carbonyl (C=O) groups is 2. The smallest absolute Gasteiger partial charge is 0.325 e. The largest absolute Gasteiger partial charge is 0.465 e. The summed E-state index contributed by atoms with van der Waals surface area (Å²) in [7, 11) is 0. The molecule has 3 N–H and O–H groups in total. The third kappa shape index (κ3) is 4.71. The van der Waals surface area contributed by atoms with Crippen molar-refractivity contribution in [2.75, 3.05) is 13.2 Å². The molecule has 0 radical (unpaired) electrons. The Hall–Kier alpha value is -1.88. The van der Waals surface area contributed by atoms with Crippen LogP contribution in [0.25, 0.3) is 0 Å². The molecule has 19 heavy (non-hydrogen) atoms. The molecule has 0 spiro atoms. The van der Waals surface area contributed by atoms with Gasteiger partial charge in [0.15, 0.2) is 0 Å². The van der Waals surface area contributed by atoms with Crippen molar-refractivity contribution in [3.05, 3.63) is 35.9 Å². The number of hydrogen-bond acceptors (Lipinski definition) is 4. The maximum atomic E-state index is 11.9. The molecule has 0 aliphatic rings. The molecular weight excluding hydrogens is 244 g/mol. The molecule has 0 bridgehead atoms. The fourth-order valence-electron chi connectivity index (χ4n) is 1.66. The average molecular weight is 264 g/mol. The summed E-state index contributed by atoms with van der Waals surface area (Å²) in [6.07, 6.45) is 0. The van der Waals surface area contributed by atoms with Gasteiger partial charge in [-0.25, -0.2) is 0 Å². The van der Waals surface area contributed by atoms with Crippen LogP contribution in [0.2, 0.25) is 0 Å². The highest BCUT2D eigenvalue weighted by molar-refractivity contribution is 5.83. The number of nitrogens with one attached hydrogen (secondary N) is 1. The van der Waals surface area contributed by atoms with E-state index in [-0.39, 0.29) is 12.5 Å². The van der Waals surface area contributed by atoms with E-state index in [4.69, 9.17) is 10.5 Å². The zero-order valence-electron chi connectivity index (χ0n) is 11.3. The van der Waals surface area contributed by atoms with Crippen LogP contribution in [-0.4, -0.2) is 25.0 Å². The first-order valence-electron chi connectivity index (χ1n) is 6.30. The Bertz CT molecular complexity index is 420. The monoisotopic (exact) mass is 264 g/mol. The second kappa shape index (κ2) is 7.53. The highest BCUT2D eigenvalue weighted by Crippen LogP contribution is 2.18. The third-order valence-electron chi connectivity index (χ3n) is 2.85. The van der Waals surface area contributed by atoms with Gasteiger partial charge in [-0.05, 0) is 12.5 Å². The summed E-state index contributed by atoms with van der Waals surface area (Å²) in [5.74, 6) is -1.13.